The van der Waals surface area contributed by atoms with E-state index in [1.54, 1.807) is 0 Å². The summed E-state index contributed by atoms with van der Waals surface area (Å²) in [5, 5.41) is 0. The third kappa shape index (κ3) is 5.84. The monoisotopic (exact) mass is 523 g/mol. The zero-order valence-corrected chi connectivity index (χ0v) is 25.8. The fourth-order valence-electron chi connectivity index (χ4n) is 7.18. The number of rotatable bonds is 12. The van der Waals surface area contributed by atoms with Gasteiger partial charge in [-0.2, -0.15) is 0 Å². The average molecular weight is 524 g/mol. The number of likely N-dealkylation sites (tertiary alicyclic amines) is 1. The molecule has 1 heterocycles. The number of hydrogen-bond acceptors (Lipinski definition) is 1. The molecule has 2 aliphatic carbocycles. The predicted molar refractivity (Wildman–Crippen MR) is 171 cm³/mol. The predicted octanol–water partition coefficient (Wildman–Crippen LogP) is 10.2. The summed E-state index contributed by atoms with van der Waals surface area (Å²) in [4.78, 5) is 2.68. The van der Waals surface area contributed by atoms with Gasteiger partial charge in [0.05, 0.1) is 0 Å². The van der Waals surface area contributed by atoms with Crippen LogP contribution in [0.25, 0.3) is 0 Å². The third-order valence-electron chi connectivity index (χ3n) is 10.5. The van der Waals surface area contributed by atoms with Gasteiger partial charge in [-0.25, -0.2) is 0 Å². The Bertz CT molecular complexity index is 1130. The molecular formula is C38H53N. The van der Waals surface area contributed by atoms with Crippen LogP contribution < -0.4 is 0 Å². The molecule has 0 bridgehead atoms. The first-order chi connectivity index (χ1) is 18.5. The van der Waals surface area contributed by atoms with Crippen LogP contribution in [0, 0.1) is 17.8 Å². The molecule has 1 aliphatic heterocycles. The maximum absolute atomic E-state index is 4.53. The molecule has 210 valence electrons. The van der Waals surface area contributed by atoms with Gasteiger partial charge in [0.1, 0.15) is 0 Å². The highest BCUT2D eigenvalue weighted by atomic mass is 15.3. The molecule has 0 N–H and O–H groups in total. The Labute approximate surface area is 240 Å². The summed E-state index contributed by atoms with van der Waals surface area (Å²) in [7, 11) is 0. The van der Waals surface area contributed by atoms with Crippen LogP contribution in [0.1, 0.15) is 98.1 Å². The zero-order chi connectivity index (χ0) is 28.4. The molecule has 3 aliphatic rings. The van der Waals surface area contributed by atoms with Crippen molar-refractivity contribution in [3.63, 3.8) is 0 Å². The number of hydrogen-bond donors (Lipinski definition) is 0. The van der Waals surface area contributed by atoms with Crippen LogP contribution in [-0.4, -0.2) is 17.0 Å². The lowest BCUT2D eigenvalue weighted by molar-refractivity contribution is 0.163. The molecule has 1 nitrogen and oxygen atoms in total. The maximum atomic E-state index is 4.53. The Kier molecular flexibility index (Phi) is 8.99. The van der Waals surface area contributed by atoms with Crippen LogP contribution in [0.5, 0.6) is 0 Å². The van der Waals surface area contributed by atoms with E-state index in [2.05, 4.69) is 127 Å². The smallest absolute Gasteiger partial charge is 0.0324 e. The number of nitrogens with zero attached hydrogens (tertiary/aromatic N) is 1. The van der Waals surface area contributed by atoms with E-state index in [-0.39, 0.29) is 10.8 Å². The highest BCUT2D eigenvalue weighted by Crippen LogP contribution is 2.56. The van der Waals surface area contributed by atoms with Crippen molar-refractivity contribution in [3.05, 3.63) is 108 Å². The van der Waals surface area contributed by atoms with Crippen LogP contribution in [0.3, 0.4) is 0 Å². The van der Waals surface area contributed by atoms with Gasteiger partial charge >= 0.3 is 0 Å². The summed E-state index contributed by atoms with van der Waals surface area (Å²) < 4.78 is 0. The summed E-state index contributed by atoms with van der Waals surface area (Å²) >= 11 is 0. The molecule has 0 spiro atoms. The molecule has 39 heavy (non-hydrogen) atoms. The van der Waals surface area contributed by atoms with E-state index >= 15 is 0 Å². The van der Waals surface area contributed by atoms with E-state index < -0.39 is 0 Å². The second kappa shape index (κ2) is 11.9. The molecule has 1 aromatic rings. The molecule has 1 saturated heterocycles. The van der Waals surface area contributed by atoms with Crippen molar-refractivity contribution in [1.82, 2.24) is 4.90 Å². The lowest BCUT2D eigenvalue weighted by Gasteiger charge is -2.39. The SMILES string of the molecule is C=C/C=C(\C=C/CC(C)(C)c1ccc(C(C)(C)C(/C=C\C(=C)N2C3CCC3C3CCC32)=C/C)cc1)[C@H](C)CC. The van der Waals surface area contributed by atoms with Crippen molar-refractivity contribution < 1.29 is 0 Å². The minimum atomic E-state index is -0.0716. The van der Waals surface area contributed by atoms with Crippen LogP contribution in [-0.2, 0) is 10.8 Å². The number of benzene rings is 1. The molecule has 0 radical (unpaired) electrons. The van der Waals surface area contributed by atoms with Gasteiger partial charge in [0.2, 0.25) is 0 Å². The molecule has 3 fully saturated rings. The fraction of sp³-hybridized carbons (Fsp3) is 0.526. The lowest BCUT2D eigenvalue weighted by atomic mass is 9.67. The van der Waals surface area contributed by atoms with Crippen molar-refractivity contribution in [2.75, 3.05) is 0 Å². The van der Waals surface area contributed by atoms with Crippen molar-refractivity contribution in [1.29, 1.82) is 0 Å². The Morgan fingerprint density at radius 2 is 1.54 bits per heavy atom. The summed E-state index contributed by atoms with van der Waals surface area (Å²) in [6.07, 6.45) is 23.3. The van der Waals surface area contributed by atoms with E-state index in [4.69, 9.17) is 0 Å². The summed E-state index contributed by atoms with van der Waals surface area (Å²) in [6.45, 7) is 24.5. The first kappa shape index (κ1) is 29.4. The highest BCUT2D eigenvalue weighted by molar-refractivity contribution is 5.43. The van der Waals surface area contributed by atoms with Crippen LogP contribution in [0.2, 0.25) is 0 Å². The topological polar surface area (TPSA) is 3.24 Å². The van der Waals surface area contributed by atoms with Gasteiger partial charge in [0, 0.05) is 23.2 Å². The molecule has 0 aromatic heterocycles. The molecular weight excluding hydrogens is 470 g/mol. The van der Waals surface area contributed by atoms with Crippen molar-refractivity contribution >= 4 is 0 Å². The fourth-order valence-corrected chi connectivity index (χ4v) is 7.18. The van der Waals surface area contributed by atoms with Gasteiger partial charge in [-0.15, -0.1) is 0 Å². The second-order valence-electron chi connectivity index (χ2n) is 13.5. The number of allylic oxidation sites excluding steroid dienone is 9. The standard InChI is InChI=1S/C38H53N/c1-10-14-29(27(4)11-2)15-13-26-37(6,7)31-18-20-32(21-19-31)38(8,9)30(12-3)17-16-28(5)39-35-24-22-33(35)34-23-25-36(34)39/h10,12-21,27,33-36H,1,5,11,22-26H2,2-4,6-9H3/b15-13-,17-16-,29-14+,30-12+/t27-,33?,34?,35?,36?/m1/s1. The summed E-state index contributed by atoms with van der Waals surface area (Å²) in [5.41, 5.74) is 6.67. The quantitative estimate of drug-likeness (QED) is 0.246. The minimum Gasteiger partial charge on any atom is -0.365 e. The van der Waals surface area contributed by atoms with Crippen molar-refractivity contribution in [2.24, 2.45) is 17.8 Å². The Balaban J connectivity index is 1.43. The summed E-state index contributed by atoms with van der Waals surface area (Å²) in [5.74, 6) is 2.43. The zero-order valence-electron chi connectivity index (χ0n) is 25.8. The van der Waals surface area contributed by atoms with E-state index in [1.165, 1.54) is 53.7 Å². The van der Waals surface area contributed by atoms with Gasteiger partial charge < -0.3 is 4.90 Å². The molecule has 0 amide bonds. The van der Waals surface area contributed by atoms with Crippen LogP contribution >= 0.6 is 0 Å². The van der Waals surface area contributed by atoms with Gasteiger partial charge in [-0.05, 0) is 97.0 Å². The molecule has 1 aromatic carbocycles. The molecule has 5 atom stereocenters. The second-order valence-corrected chi connectivity index (χ2v) is 13.5. The Morgan fingerprint density at radius 3 is 2.03 bits per heavy atom. The highest BCUT2D eigenvalue weighted by Gasteiger charge is 2.56. The summed E-state index contributed by atoms with van der Waals surface area (Å²) in [6, 6.07) is 10.9. The number of fused-ring (bicyclic) bond motifs is 3. The normalized spacial score (nSPS) is 26.3. The third-order valence-corrected chi connectivity index (χ3v) is 10.5. The van der Waals surface area contributed by atoms with E-state index in [1.807, 2.05) is 6.08 Å². The molecule has 4 unspecified atom stereocenters. The lowest BCUT2D eigenvalue weighted by Crippen LogP contribution is -2.41. The van der Waals surface area contributed by atoms with E-state index in [0.29, 0.717) is 5.92 Å². The van der Waals surface area contributed by atoms with Gasteiger partial charge in [-0.1, -0.05) is 115 Å². The largest absolute Gasteiger partial charge is 0.365 e. The van der Waals surface area contributed by atoms with E-state index in [9.17, 15) is 0 Å². The Morgan fingerprint density at radius 1 is 0.949 bits per heavy atom. The van der Waals surface area contributed by atoms with Gasteiger partial charge in [0.15, 0.2) is 0 Å². The van der Waals surface area contributed by atoms with Crippen molar-refractivity contribution in [3.8, 4) is 0 Å². The maximum Gasteiger partial charge on any atom is 0.0324 e. The average Bonchev–Trinajstić information content (AvgIpc) is 3.03. The van der Waals surface area contributed by atoms with Crippen LogP contribution in [0.4, 0.5) is 0 Å². The Hall–Kier alpha value is -2.54. The first-order valence-electron chi connectivity index (χ1n) is 15.5. The van der Waals surface area contributed by atoms with Gasteiger partial charge in [0.25, 0.3) is 0 Å². The molecule has 1 heteroatoms. The molecule has 2 saturated carbocycles. The van der Waals surface area contributed by atoms with Crippen molar-refractivity contribution in [2.45, 2.75) is 110 Å². The van der Waals surface area contributed by atoms with E-state index in [0.717, 1.165) is 36.8 Å². The molecule has 4 rings (SSSR count). The first-order valence-corrected chi connectivity index (χ1v) is 15.5. The van der Waals surface area contributed by atoms with Gasteiger partial charge in [-0.3, -0.25) is 0 Å². The minimum absolute atomic E-state index is 0.0716. The van der Waals surface area contributed by atoms with Crippen LogP contribution in [0.15, 0.2) is 96.8 Å².